The molecule has 11 heavy (non-hydrogen) atoms. The van der Waals surface area contributed by atoms with Crippen LogP contribution in [0.1, 0.15) is 6.92 Å². The van der Waals surface area contributed by atoms with E-state index in [1.807, 2.05) is 0 Å². The van der Waals surface area contributed by atoms with Crippen molar-refractivity contribution in [2.24, 2.45) is 4.99 Å². The number of hydrogen-bond donors (Lipinski definition) is 1. The van der Waals surface area contributed by atoms with E-state index in [4.69, 9.17) is 0 Å². The fourth-order valence-corrected chi connectivity index (χ4v) is 2.25. The van der Waals surface area contributed by atoms with E-state index in [-0.39, 0.29) is 5.75 Å². The second-order valence-corrected chi connectivity index (χ2v) is 5.14. The van der Waals surface area contributed by atoms with Gasteiger partial charge in [-0.25, -0.2) is 8.42 Å². The van der Waals surface area contributed by atoms with Gasteiger partial charge >= 0.3 is 0 Å². The van der Waals surface area contributed by atoms with Crippen molar-refractivity contribution in [1.82, 2.24) is 4.72 Å². The minimum Gasteiger partial charge on any atom is -0.262 e. The quantitative estimate of drug-likeness (QED) is 0.674. The van der Waals surface area contributed by atoms with Crippen molar-refractivity contribution in [1.29, 1.82) is 0 Å². The highest BCUT2D eigenvalue weighted by atomic mass is 32.2. The van der Waals surface area contributed by atoms with Gasteiger partial charge in [-0.3, -0.25) is 9.71 Å². The predicted octanol–water partition coefficient (Wildman–Crippen LogP) is 0.0285. The molecule has 4 nitrogen and oxygen atoms in total. The Bertz CT molecular complexity index is 258. The Labute approximate surface area is 70.5 Å². The van der Waals surface area contributed by atoms with Crippen LogP contribution in [0.4, 0.5) is 0 Å². The molecule has 1 aliphatic heterocycles. The molecule has 0 radical (unpaired) electrons. The van der Waals surface area contributed by atoms with E-state index >= 15 is 0 Å². The molecule has 0 aromatic carbocycles. The standard InChI is InChI=1S/C5H10N2O2S2/c1-2-11(8,9)7-5-6-3-4-10-5/h2-4H2,1H3,(H,6,7). The van der Waals surface area contributed by atoms with Crippen LogP contribution in [-0.4, -0.2) is 31.6 Å². The Morgan fingerprint density at radius 2 is 2.45 bits per heavy atom. The van der Waals surface area contributed by atoms with Crippen LogP contribution in [0.15, 0.2) is 4.99 Å². The Kier molecular flexibility index (Phi) is 2.78. The molecule has 1 heterocycles. The fraction of sp³-hybridized carbons (Fsp3) is 0.800. The van der Waals surface area contributed by atoms with E-state index in [0.29, 0.717) is 11.7 Å². The van der Waals surface area contributed by atoms with Gasteiger partial charge in [0.1, 0.15) is 0 Å². The molecule has 0 spiro atoms. The molecule has 0 aromatic rings. The van der Waals surface area contributed by atoms with Crippen LogP contribution in [0.5, 0.6) is 0 Å². The average molecular weight is 194 g/mol. The van der Waals surface area contributed by atoms with Gasteiger partial charge < -0.3 is 0 Å². The highest BCUT2D eigenvalue weighted by Gasteiger charge is 2.13. The highest BCUT2D eigenvalue weighted by Crippen LogP contribution is 2.09. The molecule has 1 rings (SSSR count). The second kappa shape index (κ2) is 3.44. The summed E-state index contributed by atoms with van der Waals surface area (Å²) in [7, 11) is -3.10. The second-order valence-electron chi connectivity index (χ2n) is 2.04. The van der Waals surface area contributed by atoms with Gasteiger partial charge in [0.15, 0.2) is 5.17 Å². The summed E-state index contributed by atoms with van der Waals surface area (Å²) >= 11 is 1.44. The molecule has 64 valence electrons. The predicted molar refractivity (Wildman–Crippen MR) is 47.4 cm³/mol. The first kappa shape index (κ1) is 8.86. The number of nitrogens with one attached hydrogen (secondary N) is 1. The molecular formula is C5H10N2O2S2. The Morgan fingerprint density at radius 3 is 2.91 bits per heavy atom. The number of amidine groups is 1. The van der Waals surface area contributed by atoms with Crippen LogP contribution < -0.4 is 4.72 Å². The molecule has 1 N–H and O–H groups in total. The molecule has 0 aromatic heterocycles. The summed E-state index contributed by atoms with van der Waals surface area (Å²) in [6.07, 6.45) is 0. The molecule has 0 amide bonds. The van der Waals surface area contributed by atoms with Gasteiger partial charge in [-0.05, 0) is 6.92 Å². The van der Waals surface area contributed by atoms with Crippen molar-refractivity contribution in [3.05, 3.63) is 0 Å². The first-order chi connectivity index (χ1) is 5.14. The lowest BCUT2D eigenvalue weighted by Crippen LogP contribution is -2.28. The molecule has 0 aliphatic carbocycles. The van der Waals surface area contributed by atoms with E-state index in [2.05, 4.69) is 9.71 Å². The molecular weight excluding hydrogens is 184 g/mol. The Morgan fingerprint density at radius 1 is 1.73 bits per heavy atom. The first-order valence-electron chi connectivity index (χ1n) is 3.32. The summed E-state index contributed by atoms with van der Waals surface area (Å²) in [6.45, 7) is 2.31. The average Bonchev–Trinajstić information content (AvgIpc) is 2.39. The van der Waals surface area contributed by atoms with Crippen molar-refractivity contribution in [3.8, 4) is 0 Å². The minimum absolute atomic E-state index is 0.104. The van der Waals surface area contributed by atoms with Crippen LogP contribution in [0.25, 0.3) is 0 Å². The van der Waals surface area contributed by atoms with Crippen LogP contribution >= 0.6 is 11.8 Å². The van der Waals surface area contributed by atoms with Gasteiger partial charge in [-0.1, -0.05) is 11.8 Å². The monoisotopic (exact) mass is 194 g/mol. The highest BCUT2D eigenvalue weighted by molar-refractivity contribution is 8.15. The molecule has 0 atom stereocenters. The van der Waals surface area contributed by atoms with Crippen LogP contribution in [0.2, 0.25) is 0 Å². The van der Waals surface area contributed by atoms with Crippen molar-refractivity contribution in [2.75, 3.05) is 18.1 Å². The summed E-state index contributed by atoms with van der Waals surface area (Å²) in [5, 5.41) is 0.534. The van der Waals surface area contributed by atoms with Gasteiger partial charge in [0.25, 0.3) is 0 Å². The van der Waals surface area contributed by atoms with Crippen molar-refractivity contribution >= 4 is 27.0 Å². The van der Waals surface area contributed by atoms with E-state index in [9.17, 15) is 8.42 Å². The molecule has 1 aliphatic rings. The SMILES string of the molecule is CCS(=O)(=O)NC1=NCCS1. The maximum absolute atomic E-state index is 11.0. The molecule has 6 heteroatoms. The summed E-state index contributed by atoms with van der Waals surface area (Å²) in [5.74, 6) is 0.980. The van der Waals surface area contributed by atoms with Crippen molar-refractivity contribution < 1.29 is 8.42 Å². The topological polar surface area (TPSA) is 58.5 Å². The summed E-state index contributed by atoms with van der Waals surface area (Å²) < 4.78 is 24.3. The van der Waals surface area contributed by atoms with E-state index in [0.717, 1.165) is 5.75 Å². The van der Waals surface area contributed by atoms with Gasteiger partial charge in [0.2, 0.25) is 10.0 Å². The normalized spacial score (nSPS) is 18.1. The number of nitrogens with zero attached hydrogens (tertiary/aromatic N) is 1. The summed E-state index contributed by atoms with van der Waals surface area (Å²) in [6, 6.07) is 0. The fourth-order valence-electron chi connectivity index (χ4n) is 0.602. The molecule has 0 fully saturated rings. The summed E-state index contributed by atoms with van der Waals surface area (Å²) in [4.78, 5) is 3.96. The zero-order valence-electron chi connectivity index (χ0n) is 6.20. The smallest absolute Gasteiger partial charge is 0.233 e. The Hall–Kier alpha value is -0.230. The van der Waals surface area contributed by atoms with Gasteiger partial charge in [-0.2, -0.15) is 0 Å². The van der Waals surface area contributed by atoms with Crippen molar-refractivity contribution in [2.45, 2.75) is 6.92 Å². The van der Waals surface area contributed by atoms with E-state index in [1.54, 1.807) is 6.92 Å². The van der Waals surface area contributed by atoms with E-state index < -0.39 is 10.0 Å². The minimum atomic E-state index is -3.10. The van der Waals surface area contributed by atoms with Crippen LogP contribution in [-0.2, 0) is 10.0 Å². The third-order valence-corrected chi connectivity index (χ3v) is 3.49. The number of thioether (sulfide) groups is 1. The van der Waals surface area contributed by atoms with Gasteiger partial charge in [-0.15, -0.1) is 0 Å². The Balaban J connectivity index is 2.54. The number of rotatable bonds is 2. The lowest BCUT2D eigenvalue weighted by Gasteiger charge is -2.02. The molecule has 0 bridgehead atoms. The summed E-state index contributed by atoms with van der Waals surface area (Å²) in [5.41, 5.74) is 0. The number of hydrogen-bond acceptors (Lipinski definition) is 4. The molecule has 0 saturated heterocycles. The van der Waals surface area contributed by atoms with E-state index in [1.165, 1.54) is 11.8 Å². The van der Waals surface area contributed by atoms with Crippen LogP contribution in [0.3, 0.4) is 0 Å². The zero-order valence-corrected chi connectivity index (χ0v) is 7.83. The van der Waals surface area contributed by atoms with Crippen molar-refractivity contribution in [3.63, 3.8) is 0 Å². The van der Waals surface area contributed by atoms with Gasteiger partial charge in [0, 0.05) is 5.75 Å². The van der Waals surface area contributed by atoms with Crippen LogP contribution in [0, 0.1) is 0 Å². The maximum Gasteiger partial charge on any atom is 0.233 e. The number of sulfonamides is 1. The lowest BCUT2D eigenvalue weighted by atomic mass is 10.8. The largest absolute Gasteiger partial charge is 0.262 e. The third kappa shape index (κ3) is 2.70. The zero-order chi connectivity index (χ0) is 8.32. The lowest BCUT2D eigenvalue weighted by molar-refractivity contribution is 0.594. The molecule has 0 saturated carbocycles. The third-order valence-electron chi connectivity index (χ3n) is 1.21. The molecule has 0 unspecified atom stereocenters. The first-order valence-corrected chi connectivity index (χ1v) is 5.95. The maximum atomic E-state index is 11.0. The van der Waals surface area contributed by atoms with Gasteiger partial charge in [0.05, 0.1) is 12.3 Å². The number of aliphatic imine (C=N–C) groups is 1.